The summed E-state index contributed by atoms with van der Waals surface area (Å²) in [6.45, 7) is 3.27. The maximum absolute atomic E-state index is 12.7. The van der Waals surface area contributed by atoms with Crippen molar-refractivity contribution < 1.29 is 9.90 Å². The summed E-state index contributed by atoms with van der Waals surface area (Å²) in [5.41, 5.74) is 2.74. The van der Waals surface area contributed by atoms with E-state index in [1.165, 1.54) is 0 Å². The van der Waals surface area contributed by atoms with Crippen molar-refractivity contribution in [1.29, 1.82) is 0 Å². The van der Waals surface area contributed by atoms with Gasteiger partial charge >= 0.3 is 0 Å². The monoisotopic (exact) mass is 314 g/mol. The summed E-state index contributed by atoms with van der Waals surface area (Å²) < 4.78 is 1.75. The SMILES string of the molecule is CCc1cncc(C(=O)N2C[C@@H](CO)[C@H](c3cnn(C)c3)C2)c1. The zero-order valence-electron chi connectivity index (χ0n) is 13.5. The molecule has 6 heteroatoms. The van der Waals surface area contributed by atoms with E-state index in [2.05, 4.69) is 10.1 Å². The molecule has 122 valence electrons. The molecular weight excluding hydrogens is 292 g/mol. The highest BCUT2D eigenvalue weighted by Gasteiger charge is 2.36. The minimum Gasteiger partial charge on any atom is -0.396 e. The first-order chi connectivity index (χ1) is 11.1. The fourth-order valence-corrected chi connectivity index (χ4v) is 3.21. The van der Waals surface area contributed by atoms with E-state index in [-0.39, 0.29) is 24.3 Å². The molecule has 0 saturated carbocycles. The number of aryl methyl sites for hydroxylation is 2. The molecule has 23 heavy (non-hydrogen) atoms. The third-order valence-electron chi connectivity index (χ3n) is 4.57. The summed E-state index contributed by atoms with van der Waals surface area (Å²) in [4.78, 5) is 18.7. The second kappa shape index (κ2) is 6.50. The molecule has 1 saturated heterocycles. The number of carbonyl (C=O) groups is 1. The average molecular weight is 314 g/mol. The van der Waals surface area contributed by atoms with Crippen molar-refractivity contribution in [2.75, 3.05) is 19.7 Å². The van der Waals surface area contributed by atoms with Crippen molar-refractivity contribution in [3.8, 4) is 0 Å². The maximum Gasteiger partial charge on any atom is 0.255 e. The van der Waals surface area contributed by atoms with Gasteiger partial charge in [-0.1, -0.05) is 6.92 Å². The van der Waals surface area contributed by atoms with Crippen LogP contribution in [0.3, 0.4) is 0 Å². The smallest absolute Gasteiger partial charge is 0.255 e. The van der Waals surface area contributed by atoms with Gasteiger partial charge in [0.2, 0.25) is 0 Å². The van der Waals surface area contributed by atoms with Gasteiger partial charge in [-0.15, -0.1) is 0 Å². The molecule has 2 aromatic rings. The van der Waals surface area contributed by atoms with Crippen LogP contribution in [0.2, 0.25) is 0 Å². The van der Waals surface area contributed by atoms with Crippen molar-refractivity contribution in [2.24, 2.45) is 13.0 Å². The van der Waals surface area contributed by atoms with Crippen LogP contribution in [0.5, 0.6) is 0 Å². The highest BCUT2D eigenvalue weighted by Crippen LogP contribution is 2.32. The first-order valence-corrected chi connectivity index (χ1v) is 7.95. The lowest BCUT2D eigenvalue weighted by Crippen LogP contribution is -2.29. The second-order valence-electron chi connectivity index (χ2n) is 6.14. The molecule has 0 spiro atoms. The van der Waals surface area contributed by atoms with Crippen molar-refractivity contribution >= 4 is 5.91 Å². The summed E-state index contributed by atoms with van der Waals surface area (Å²) >= 11 is 0. The molecule has 1 N–H and O–H groups in total. The zero-order chi connectivity index (χ0) is 16.4. The summed E-state index contributed by atoms with van der Waals surface area (Å²) in [7, 11) is 1.87. The molecule has 0 unspecified atom stereocenters. The number of hydrogen-bond acceptors (Lipinski definition) is 4. The lowest BCUT2D eigenvalue weighted by Gasteiger charge is -2.16. The Balaban J connectivity index is 1.79. The summed E-state index contributed by atoms with van der Waals surface area (Å²) in [5.74, 6) is 0.156. The van der Waals surface area contributed by atoms with Gasteiger partial charge in [-0.3, -0.25) is 14.5 Å². The number of amides is 1. The Labute approximate surface area is 135 Å². The Morgan fingerprint density at radius 1 is 1.35 bits per heavy atom. The van der Waals surface area contributed by atoms with E-state index in [9.17, 15) is 9.90 Å². The molecule has 0 aromatic carbocycles. The van der Waals surface area contributed by atoms with Gasteiger partial charge < -0.3 is 10.0 Å². The first-order valence-electron chi connectivity index (χ1n) is 7.95. The van der Waals surface area contributed by atoms with Crippen LogP contribution in [0.25, 0.3) is 0 Å². The molecule has 3 heterocycles. The predicted octanol–water partition coefficient (Wildman–Crippen LogP) is 1.23. The van der Waals surface area contributed by atoms with Gasteiger partial charge in [-0.2, -0.15) is 5.10 Å². The first kappa shape index (κ1) is 15.7. The Morgan fingerprint density at radius 3 is 2.83 bits per heavy atom. The minimum absolute atomic E-state index is 0.0161. The van der Waals surface area contributed by atoms with Crippen molar-refractivity contribution in [3.05, 3.63) is 47.5 Å². The number of aliphatic hydroxyl groups excluding tert-OH is 1. The molecule has 2 atom stereocenters. The topological polar surface area (TPSA) is 71.2 Å². The normalized spacial score (nSPS) is 20.9. The third-order valence-corrected chi connectivity index (χ3v) is 4.57. The number of aromatic nitrogens is 3. The van der Waals surface area contributed by atoms with Crippen molar-refractivity contribution in [2.45, 2.75) is 19.3 Å². The van der Waals surface area contributed by atoms with E-state index in [4.69, 9.17) is 0 Å². The van der Waals surface area contributed by atoms with Gasteiger partial charge in [0.15, 0.2) is 0 Å². The predicted molar refractivity (Wildman–Crippen MR) is 86.0 cm³/mol. The standard InChI is InChI=1S/C17H22N4O2/c1-3-12-4-13(6-18-5-12)17(23)21-9-15(11-22)16(10-21)14-7-19-20(2)8-14/h4-8,15-16,22H,3,9-11H2,1-2H3/t15-,16-/m0/s1. The van der Waals surface area contributed by atoms with Crippen LogP contribution in [0.1, 0.15) is 34.3 Å². The van der Waals surface area contributed by atoms with Gasteiger partial charge in [0.05, 0.1) is 11.8 Å². The van der Waals surface area contributed by atoms with Crippen LogP contribution in [0.4, 0.5) is 0 Å². The quantitative estimate of drug-likeness (QED) is 0.921. The number of pyridine rings is 1. The Morgan fingerprint density at radius 2 is 2.17 bits per heavy atom. The molecule has 1 aliphatic rings. The molecule has 2 aromatic heterocycles. The van der Waals surface area contributed by atoms with Crippen LogP contribution < -0.4 is 0 Å². The van der Waals surface area contributed by atoms with Crippen LogP contribution in [-0.4, -0.2) is 50.4 Å². The van der Waals surface area contributed by atoms with Crippen molar-refractivity contribution in [3.63, 3.8) is 0 Å². The fourth-order valence-electron chi connectivity index (χ4n) is 3.21. The van der Waals surface area contributed by atoms with Crippen LogP contribution >= 0.6 is 0 Å². The maximum atomic E-state index is 12.7. The van der Waals surface area contributed by atoms with E-state index in [1.807, 2.05) is 37.3 Å². The molecule has 0 radical (unpaired) electrons. The highest BCUT2D eigenvalue weighted by atomic mass is 16.3. The number of hydrogen-bond donors (Lipinski definition) is 1. The third kappa shape index (κ3) is 3.12. The molecule has 1 fully saturated rings. The van der Waals surface area contributed by atoms with Gasteiger partial charge in [0.25, 0.3) is 5.91 Å². The molecule has 1 amide bonds. The second-order valence-corrected chi connectivity index (χ2v) is 6.14. The number of nitrogens with zero attached hydrogens (tertiary/aromatic N) is 4. The molecule has 0 bridgehead atoms. The van der Waals surface area contributed by atoms with E-state index < -0.39 is 0 Å². The van der Waals surface area contributed by atoms with E-state index in [1.54, 1.807) is 17.1 Å². The summed E-state index contributed by atoms with van der Waals surface area (Å²) in [6.07, 6.45) is 8.04. The van der Waals surface area contributed by atoms with Crippen molar-refractivity contribution in [1.82, 2.24) is 19.7 Å². The average Bonchev–Trinajstić information content (AvgIpc) is 3.20. The summed E-state index contributed by atoms with van der Waals surface area (Å²) in [5, 5.41) is 13.9. The Kier molecular flexibility index (Phi) is 4.43. The van der Waals surface area contributed by atoms with Gasteiger partial charge in [-0.25, -0.2) is 0 Å². The molecule has 3 rings (SSSR count). The van der Waals surface area contributed by atoms with Gasteiger partial charge in [-0.05, 0) is 23.6 Å². The number of carbonyl (C=O) groups excluding carboxylic acids is 1. The molecule has 1 aliphatic heterocycles. The summed E-state index contributed by atoms with van der Waals surface area (Å²) in [6, 6.07) is 1.90. The van der Waals surface area contributed by atoms with E-state index in [0.29, 0.717) is 18.7 Å². The Hall–Kier alpha value is -2.21. The zero-order valence-corrected chi connectivity index (χ0v) is 13.5. The largest absolute Gasteiger partial charge is 0.396 e. The number of likely N-dealkylation sites (tertiary alicyclic amines) is 1. The minimum atomic E-state index is -0.0161. The van der Waals surface area contributed by atoms with E-state index in [0.717, 1.165) is 17.5 Å². The number of rotatable bonds is 4. The molecule has 6 nitrogen and oxygen atoms in total. The van der Waals surface area contributed by atoms with Gasteiger partial charge in [0.1, 0.15) is 0 Å². The molecular formula is C17H22N4O2. The number of aliphatic hydroxyl groups is 1. The fraction of sp³-hybridized carbons (Fsp3) is 0.471. The highest BCUT2D eigenvalue weighted by molar-refractivity contribution is 5.94. The van der Waals surface area contributed by atoms with E-state index >= 15 is 0 Å². The lowest BCUT2D eigenvalue weighted by molar-refractivity contribution is 0.0781. The van der Waals surface area contributed by atoms with Gasteiger partial charge in [0, 0.05) is 57.2 Å². The van der Waals surface area contributed by atoms with Crippen LogP contribution in [0, 0.1) is 5.92 Å². The Bertz CT molecular complexity index is 697. The van der Waals surface area contributed by atoms with Crippen LogP contribution in [-0.2, 0) is 13.5 Å². The van der Waals surface area contributed by atoms with Crippen LogP contribution in [0.15, 0.2) is 30.9 Å². The molecule has 0 aliphatic carbocycles. The lowest BCUT2D eigenvalue weighted by atomic mass is 9.92.